The summed E-state index contributed by atoms with van der Waals surface area (Å²) in [5.41, 5.74) is 1.18. The van der Waals surface area contributed by atoms with Crippen molar-refractivity contribution in [3.05, 3.63) is 18.0 Å². The number of hydrogen-bond acceptors (Lipinski definition) is 3. The van der Waals surface area contributed by atoms with E-state index >= 15 is 0 Å². The summed E-state index contributed by atoms with van der Waals surface area (Å²) in [4.78, 5) is 0. The molecule has 82 valence electrons. The van der Waals surface area contributed by atoms with E-state index in [1.54, 1.807) is 11.8 Å². The second-order valence-electron chi connectivity index (χ2n) is 4.11. The van der Waals surface area contributed by atoms with E-state index in [0.717, 1.165) is 17.5 Å². The third kappa shape index (κ3) is 2.43. The van der Waals surface area contributed by atoms with E-state index in [-0.39, 0.29) is 0 Å². The molecule has 0 unspecified atom stereocenters. The molecular formula is C11H17N3S. The zero-order chi connectivity index (χ0) is 10.8. The Kier molecular flexibility index (Phi) is 3.14. The summed E-state index contributed by atoms with van der Waals surface area (Å²) in [6.07, 6.45) is 2.56. The first-order chi connectivity index (χ1) is 7.22. The van der Waals surface area contributed by atoms with Crippen molar-refractivity contribution in [3.63, 3.8) is 0 Å². The number of rotatable bonds is 5. The van der Waals surface area contributed by atoms with Crippen LogP contribution < -0.4 is 0 Å². The van der Waals surface area contributed by atoms with Gasteiger partial charge in [-0.05, 0) is 26.7 Å². The van der Waals surface area contributed by atoms with Crippen LogP contribution in [0.5, 0.6) is 0 Å². The van der Waals surface area contributed by atoms with Crippen LogP contribution in [0.25, 0.3) is 0 Å². The van der Waals surface area contributed by atoms with Crippen molar-refractivity contribution in [1.29, 1.82) is 0 Å². The summed E-state index contributed by atoms with van der Waals surface area (Å²) < 4.78 is 2.24. The third-order valence-electron chi connectivity index (χ3n) is 2.45. The molecule has 0 spiro atoms. The molecule has 2 rings (SSSR count). The molecule has 1 aromatic heterocycles. The Morgan fingerprint density at radius 3 is 2.80 bits per heavy atom. The van der Waals surface area contributed by atoms with Crippen LogP contribution in [0.2, 0.25) is 0 Å². The van der Waals surface area contributed by atoms with Crippen LogP contribution >= 0.6 is 11.8 Å². The van der Waals surface area contributed by atoms with E-state index in [2.05, 4.69) is 28.3 Å². The second-order valence-corrected chi connectivity index (χ2v) is 5.05. The first kappa shape index (κ1) is 10.7. The van der Waals surface area contributed by atoms with E-state index in [4.69, 9.17) is 0 Å². The molecule has 0 aromatic carbocycles. The van der Waals surface area contributed by atoms with Crippen molar-refractivity contribution >= 4 is 11.8 Å². The van der Waals surface area contributed by atoms with Crippen LogP contribution in [0.15, 0.2) is 17.3 Å². The molecule has 0 atom stereocenters. The molecule has 0 bridgehead atoms. The largest absolute Gasteiger partial charge is 0.306 e. The lowest BCUT2D eigenvalue weighted by Gasteiger charge is -2.05. The van der Waals surface area contributed by atoms with E-state index in [1.165, 1.54) is 24.2 Å². The van der Waals surface area contributed by atoms with Gasteiger partial charge in [0.1, 0.15) is 5.82 Å². The molecule has 0 N–H and O–H groups in total. The monoisotopic (exact) mass is 223 g/mol. The fourth-order valence-electron chi connectivity index (χ4n) is 1.54. The van der Waals surface area contributed by atoms with Crippen molar-refractivity contribution < 1.29 is 0 Å². The van der Waals surface area contributed by atoms with Crippen LogP contribution in [-0.2, 0) is 6.54 Å². The van der Waals surface area contributed by atoms with Gasteiger partial charge in [-0.3, -0.25) is 0 Å². The maximum atomic E-state index is 4.29. The van der Waals surface area contributed by atoms with Gasteiger partial charge >= 0.3 is 0 Å². The van der Waals surface area contributed by atoms with Gasteiger partial charge in [-0.1, -0.05) is 23.9 Å². The normalized spacial score (nSPS) is 15.6. The average Bonchev–Trinajstić information content (AvgIpc) is 2.96. The minimum Gasteiger partial charge on any atom is -0.306 e. The smallest absolute Gasteiger partial charge is 0.191 e. The van der Waals surface area contributed by atoms with Gasteiger partial charge in [0.2, 0.25) is 0 Å². The Morgan fingerprint density at radius 2 is 2.27 bits per heavy atom. The number of thioether (sulfide) groups is 1. The molecule has 1 fully saturated rings. The van der Waals surface area contributed by atoms with Gasteiger partial charge in [-0.15, -0.1) is 10.2 Å². The predicted octanol–water partition coefficient (Wildman–Crippen LogP) is 2.84. The van der Waals surface area contributed by atoms with E-state index in [0.29, 0.717) is 5.92 Å². The summed E-state index contributed by atoms with van der Waals surface area (Å²) in [5, 5.41) is 9.59. The van der Waals surface area contributed by atoms with Gasteiger partial charge < -0.3 is 4.57 Å². The number of aromatic nitrogens is 3. The van der Waals surface area contributed by atoms with E-state index in [1.807, 2.05) is 6.92 Å². The van der Waals surface area contributed by atoms with Crippen molar-refractivity contribution in [1.82, 2.24) is 14.8 Å². The Bertz CT molecular complexity index is 366. The lowest BCUT2D eigenvalue weighted by Crippen LogP contribution is -2.02. The highest BCUT2D eigenvalue weighted by Gasteiger charge is 2.29. The van der Waals surface area contributed by atoms with Gasteiger partial charge in [-0.25, -0.2) is 0 Å². The van der Waals surface area contributed by atoms with Gasteiger partial charge in [-0.2, -0.15) is 0 Å². The molecule has 0 saturated heterocycles. The first-order valence-electron chi connectivity index (χ1n) is 5.42. The van der Waals surface area contributed by atoms with Gasteiger partial charge in [0, 0.05) is 18.2 Å². The van der Waals surface area contributed by atoms with Crippen LogP contribution in [0.1, 0.15) is 38.4 Å². The number of hydrogen-bond donors (Lipinski definition) is 0. The summed E-state index contributed by atoms with van der Waals surface area (Å²) >= 11 is 1.74. The molecule has 0 amide bonds. The molecule has 1 aromatic rings. The minimum absolute atomic E-state index is 0.677. The van der Waals surface area contributed by atoms with Crippen molar-refractivity contribution in [2.75, 3.05) is 5.75 Å². The quantitative estimate of drug-likeness (QED) is 0.568. The average molecular weight is 223 g/mol. The fourth-order valence-corrected chi connectivity index (χ4v) is 2.39. The van der Waals surface area contributed by atoms with Crippen LogP contribution in [0.4, 0.5) is 0 Å². The molecular weight excluding hydrogens is 206 g/mol. The molecule has 15 heavy (non-hydrogen) atoms. The van der Waals surface area contributed by atoms with Crippen molar-refractivity contribution in [3.8, 4) is 0 Å². The van der Waals surface area contributed by atoms with Crippen molar-refractivity contribution in [2.24, 2.45) is 0 Å². The number of nitrogens with zero attached hydrogens (tertiary/aromatic N) is 3. The highest BCUT2D eigenvalue weighted by molar-refractivity contribution is 7.99. The maximum absolute atomic E-state index is 4.29. The highest BCUT2D eigenvalue weighted by Crippen LogP contribution is 2.40. The standard InChI is InChI=1S/C11H17N3S/c1-4-14-10(9-5-6-9)12-13-11(14)15-7-8(2)3/h9H,2,4-7H2,1,3H3. The molecule has 1 aliphatic rings. The Morgan fingerprint density at radius 1 is 1.53 bits per heavy atom. The lowest BCUT2D eigenvalue weighted by molar-refractivity contribution is 0.644. The van der Waals surface area contributed by atoms with E-state index < -0.39 is 0 Å². The summed E-state index contributed by atoms with van der Waals surface area (Å²) in [6, 6.07) is 0. The predicted molar refractivity (Wildman–Crippen MR) is 63.2 cm³/mol. The highest BCUT2D eigenvalue weighted by atomic mass is 32.2. The molecule has 4 heteroatoms. The summed E-state index contributed by atoms with van der Waals surface area (Å²) in [6.45, 7) is 9.07. The minimum atomic E-state index is 0.677. The van der Waals surface area contributed by atoms with Crippen molar-refractivity contribution in [2.45, 2.75) is 44.3 Å². The summed E-state index contributed by atoms with van der Waals surface area (Å²) in [5.74, 6) is 2.79. The Labute approximate surface area is 95.0 Å². The van der Waals surface area contributed by atoms with Gasteiger partial charge in [0.25, 0.3) is 0 Å². The van der Waals surface area contributed by atoms with Crippen LogP contribution in [-0.4, -0.2) is 20.5 Å². The fraction of sp³-hybridized carbons (Fsp3) is 0.636. The molecule has 0 aliphatic heterocycles. The molecule has 1 saturated carbocycles. The SMILES string of the molecule is C=C(C)CSc1nnc(C2CC2)n1CC. The van der Waals surface area contributed by atoms with Gasteiger partial charge in [0.15, 0.2) is 5.16 Å². The molecule has 3 nitrogen and oxygen atoms in total. The van der Waals surface area contributed by atoms with E-state index in [9.17, 15) is 0 Å². The molecule has 1 aliphatic carbocycles. The zero-order valence-corrected chi connectivity index (χ0v) is 10.2. The second kappa shape index (κ2) is 4.39. The van der Waals surface area contributed by atoms with Crippen LogP contribution in [0.3, 0.4) is 0 Å². The Hall–Kier alpha value is -0.770. The first-order valence-corrected chi connectivity index (χ1v) is 6.41. The lowest BCUT2D eigenvalue weighted by atomic mass is 10.4. The maximum Gasteiger partial charge on any atom is 0.191 e. The third-order valence-corrected chi connectivity index (χ3v) is 3.65. The Balaban J connectivity index is 2.12. The topological polar surface area (TPSA) is 30.7 Å². The molecule has 1 heterocycles. The summed E-state index contributed by atoms with van der Waals surface area (Å²) in [7, 11) is 0. The molecule has 0 radical (unpaired) electrons. The van der Waals surface area contributed by atoms with Gasteiger partial charge in [0.05, 0.1) is 0 Å². The van der Waals surface area contributed by atoms with Crippen LogP contribution in [0, 0.1) is 0 Å². The zero-order valence-electron chi connectivity index (χ0n) is 9.36.